The van der Waals surface area contributed by atoms with E-state index in [0.29, 0.717) is 12.0 Å². The molecule has 0 saturated carbocycles. The lowest BCUT2D eigenvalue weighted by Gasteiger charge is -2.11. The summed E-state index contributed by atoms with van der Waals surface area (Å²) < 4.78 is 44.4. The van der Waals surface area contributed by atoms with E-state index < -0.39 is 17.5 Å². The first-order valence-electron chi connectivity index (χ1n) is 12.4. The third-order valence-electron chi connectivity index (χ3n) is 6.33. The fraction of sp³-hybridized carbons (Fsp3) is 0.400. The quantitative estimate of drug-likeness (QED) is 0.240. The third kappa shape index (κ3) is 6.72. The molecule has 3 rings (SSSR count). The summed E-state index contributed by atoms with van der Waals surface area (Å²) in [7, 11) is 0. The van der Waals surface area contributed by atoms with Gasteiger partial charge in [0.1, 0.15) is 5.82 Å². The monoisotopic (exact) mass is 452 g/mol. The molecule has 3 aromatic rings. The van der Waals surface area contributed by atoms with Gasteiger partial charge in [-0.2, -0.15) is 0 Å². The number of benzene rings is 3. The van der Waals surface area contributed by atoms with Crippen molar-refractivity contribution in [1.82, 2.24) is 0 Å². The number of hydrogen-bond donors (Lipinski definition) is 0. The molecule has 33 heavy (non-hydrogen) atoms. The minimum absolute atomic E-state index is 0.0300. The smallest absolute Gasteiger partial charge is 0.167 e. The Morgan fingerprint density at radius 1 is 0.545 bits per heavy atom. The SMILES string of the molecule is CCCCCCCc1ccc(-c2ccc(-c3ccc(CCCCC)cc3)cc2F)c(F)c1F. The Morgan fingerprint density at radius 2 is 1.15 bits per heavy atom. The van der Waals surface area contributed by atoms with Crippen molar-refractivity contribution in [3.63, 3.8) is 0 Å². The molecule has 0 aliphatic carbocycles. The molecule has 0 aliphatic rings. The number of aryl methyl sites for hydroxylation is 2. The second-order valence-corrected chi connectivity index (χ2v) is 8.91. The topological polar surface area (TPSA) is 0 Å². The molecule has 0 fully saturated rings. The van der Waals surface area contributed by atoms with Gasteiger partial charge >= 0.3 is 0 Å². The van der Waals surface area contributed by atoms with Crippen LogP contribution >= 0.6 is 0 Å². The number of halogens is 3. The molecule has 0 bridgehead atoms. The Kier molecular flexibility index (Phi) is 9.60. The van der Waals surface area contributed by atoms with Crippen LogP contribution in [0.1, 0.15) is 76.3 Å². The van der Waals surface area contributed by atoms with Gasteiger partial charge in [-0.1, -0.05) is 101 Å². The van der Waals surface area contributed by atoms with E-state index in [0.717, 1.165) is 49.7 Å². The molecule has 176 valence electrons. The average Bonchev–Trinajstić information content (AvgIpc) is 2.82. The Morgan fingerprint density at radius 3 is 1.85 bits per heavy atom. The average molecular weight is 453 g/mol. The first kappa shape index (κ1) is 25.1. The van der Waals surface area contributed by atoms with E-state index in [1.54, 1.807) is 18.2 Å². The first-order chi connectivity index (χ1) is 16.0. The van der Waals surface area contributed by atoms with Crippen LogP contribution in [0.2, 0.25) is 0 Å². The molecule has 0 aliphatic heterocycles. The van der Waals surface area contributed by atoms with Gasteiger partial charge in [-0.25, -0.2) is 13.2 Å². The highest BCUT2D eigenvalue weighted by atomic mass is 19.2. The zero-order valence-corrected chi connectivity index (χ0v) is 19.9. The summed E-state index contributed by atoms with van der Waals surface area (Å²) in [6, 6.07) is 15.9. The summed E-state index contributed by atoms with van der Waals surface area (Å²) in [5.41, 5.74) is 3.32. The molecule has 0 heterocycles. The number of rotatable bonds is 12. The molecule has 0 radical (unpaired) electrons. The second-order valence-electron chi connectivity index (χ2n) is 8.91. The van der Waals surface area contributed by atoms with E-state index in [4.69, 9.17) is 0 Å². The first-order valence-corrected chi connectivity index (χ1v) is 12.4. The summed E-state index contributed by atoms with van der Waals surface area (Å²) in [6.45, 7) is 4.33. The van der Waals surface area contributed by atoms with Gasteiger partial charge in [0.05, 0.1) is 0 Å². The molecule has 0 amide bonds. The van der Waals surface area contributed by atoms with Crippen LogP contribution in [-0.4, -0.2) is 0 Å². The molecule has 0 nitrogen and oxygen atoms in total. The van der Waals surface area contributed by atoms with Crippen LogP contribution in [0.3, 0.4) is 0 Å². The van der Waals surface area contributed by atoms with Crippen molar-refractivity contribution in [2.75, 3.05) is 0 Å². The molecule has 3 heteroatoms. The van der Waals surface area contributed by atoms with Gasteiger partial charge in [-0.05, 0) is 54.0 Å². The number of unbranched alkanes of at least 4 members (excludes halogenated alkanes) is 6. The molecule has 3 aromatic carbocycles. The fourth-order valence-corrected chi connectivity index (χ4v) is 4.27. The second kappa shape index (κ2) is 12.6. The predicted octanol–water partition coefficient (Wildman–Crippen LogP) is 9.68. The highest BCUT2D eigenvalue weighted by Crippen LogP contribution is 2.32. The van der Waals surface area contributed by atoms with Crippen LogP contribution in [0.5, 0.6) is 0 Å². The van der Waals surface area contributed by atoms with Crippen LogP contribution in [0.25, 0.3) is 22.3 Å². The summed E-state index contributed by atoms with van der Waals surface area (Å²) in [6.07, 6.45) is 10.4. The molecular weight excluding hydrogens is 417 g/mol. The van der Waals surface area contributed by atoms with Crippen molar-refractivity contribution in [2.45, 2.75) is 78.1 Å². The highest BCUT2D eigenvalue weighted by Gasteiger charge is 2.17. The fourth-order valence-electron chi connectivity index (χ4n) is 4.27. The van der Waals surface area contributed by atoms with Crippen LogP contribution in [0.15, 0.2) is 54.6 Å². The predicted molar refractivity (Wildman–Crippen MR) is 133 cm³/mol. The van der Waals surface area contributed by atoms with E-state index >= 15 is 0 Å². The van der Waals surface area contributed by atoms with E-state index in [1.165, 1.54) is 37.0 Å². The zero-order valence-electron chi connectivity index (χ0n) is 19.9. The summed E-state index contributed by atoms with van der Waals surface area (Å²) in [5, 5.41) is 0. The van der Waals surface area contributed by atoms with Gasteiger partial charge in [0.15, 0.2) is 11.6 Å². The molecule has 0 aromatic heterocycles. The standard InChI is InChI=1S/C30H35F3/c1-3-5-7-8-10-12-24-17-20-27(30(33)29(24)32)26-19-18-25(21-28(26)31)23-15-13-22(14-16-23)11-9-6-4-2/h13-21H,3-12H2,1-2H3. The van der Waals surface area contributed by atoms with E-state index in [-0.39, 0.29) is 11.1 Å². The van der Waals surface area contributed by atoms with E-state index in [9.17, 15) is 13.2 Å². The Bertz CT molecular complexity index is 1020. The van der Waals surface area contributed by atoms with Gasteiger partial charge in [0.2, 0.25) is 0 Å². The van der Waals surface area contributed by atoms with E-state index in [2.05, 4.69) is 26.0 Å². The van der Waals surface area contributed by atoms with E-state index in [1.807, 2.05) is 12.1 Å². The Labute approximate surface area is 196 Å². The molecule has 0 atom stereocenters. The maximum Gasteiger partial charge on any atom is 0.167 e. The van der Waals surface area contributed by atoms with Crippen LogP contribution in [0.4, 0.5) is 13.2 Å². The zero-order chi connectivity index (χ0) is 23.6. The van der Waals surface area contributed by atoms with Gasteiger partial charge in [-0.3, -0.25) is 0 Å². The molecular formula is C30H35F3. The summed E-state index contributed by atoms with van der Waals surface area (Å²) in [4.78, 5) is 0. The van der Waals surface area contributed by atoms with Crippen LogP contribution < -0.4 is 0 Å². The van der Waals surface area contributed by atoms with Gasteiger partial charge in [-0.15, -0.1) is 0 Å². The van der Waals surface area contributed by atoms with Gasteiger partial charge in [0, 0.05) is 11.1 Å². The van der Waals surface area contributed by atoms with Crippen molar-refractivity contribution < 1.29 is 13.2 Å². The maximum atomic E-state index is 15.0. The lowest BCUT2D eigenvalue weighted by molar-refractivity contribution is 0.497. The van der Waals surface area contributed by atoms with Crippen molar-refractivity contribution in [1.29, 1.82) is 0 Å². The van der Waals surface area contributed by atoms with Crippen LogP contribution in [0, 0.1) is 17.5 Å². The molecule has 0 N–H and O–H groups in total. The number of hydrogen-bond acceptors (Lipinski definition) is 0. The van der Waals surface area contributed by atoms with Gasteiger partial charge < -0.3 is 0 Å². The minimum Gasteiger partial charge on any atom is -0.206 e. The largest absolute Gasteiger partial charge is 0.206 e. The molecule has 0 spiro atoms. The maximum absolute atomic E-state index is 15.0. The molecule has 0 unspecified atom stereocenters. The van der Waals surface area contributed by atoms with Crippen molar-refractivity contribution in [3.05, 3.63) is 83.2 Å². The van der Waals surface area contributed by atoms with Crippen molar-refractivity contribution in [2.24, 2.45) is 0 Å². The third-order valence-corrected chi connectivity index (χ3v) is 6.33. The summed E-state index contributed by atoms with van der Waals surface area (Å²) >= 11 is 0. The highest BCUT2D eigenvalue weighted by molar-refractivity contribution is 5.71. The van der Waals surface area contributed by atoms with Crippen molar-refractivity contribution >= 4 is 0 Å². The minimum atomic E-state index is -0.968. The lowest BCUT2D eigenvalue weighted by Crippen LogP contribution is -1.99. The Hall–Kier alpha value is -2.55. The Balaban J connectivity index is 1.73. The lowest BCUT2D eigenvalue weighted by atomic mass is 9.96. The van der Waals surface area contributed by atoms with Crippen molar-refractivity contribution in [3.8, 4) is 22.3 Å². The summed E-state index contributed by atoms with van der Waals surface area (Å²) in [5.74, 6) is -2.38. The van der Waals surface area contributed by atoms with Crippen LogP contribution in [-0.2, 0) is 12.8 Å². The normalized spacial score (nSPS) is 11.2. The van der Waals surface area contributed by atoms with Gasteiger partial charge in [0.25, 0.3) is 0 Å². The molecule has 0 saturated heterocycles.